The van der Waals surface area contributed by atoms with Crippen molar-refractivity contribution < 1.29 is 22.7 Å². The fraction of sp³-hybridized carbons (Fsp3) is 0.462. The summed E-state index contributed by atoms with van der Waals surface area (Å²) >= 11 is 3.02. The lowest BCUT2D eigenvalue weighted by Gasteiger charge is -2.29. The molecular weight excluding hydrogens is 339 g/mol. The Kier molecular flexibility index (Phi) is 4.86. The first-order chi connectivity index (χ1) is 9.00. The van der Waals surface area contributed by atoms with Crippen molar-refractivity contribution >= 4 is 21.9 Å². The zero-order valence-corrected chi connectivity index (χ0v) is 12.8. The van der Waals surface area contributed by atoms with Crippen molar-refractivity contribution in [1.82, 2.24) is 0 Å². The van der Waals surface area contributed by atoms with E-state index in [0.29, 0.717) is 0 Å². The van der Waals surface area contributed by atoms with Crippen LogP contribution in [0.15, 0.2) is 22.7 Å². The van der Waals surface area contributed by atoms with Gasteiger partial charge in [0.05, 0.1) is 18.1 Å². The molecule has 0 spiro atoms. The third kappa shape index (κ3) is 3.52. The zero-order valence-electron chi connectivity index (χ0n) is 11.2. The summed E-state index contributed by atoms with van der Waals surface area (Å²) in [5.41, 5.74) is 4.19. The lowest BCUT2D eigenvalue weighted by Crippen LogP contribution is -2.37. The summed E-state index contributed by atoms with van der Waals surface area (Å²) in [5.74, 6) is -0.585. The van der Waals surface area contributed by atoms with Gasteiger partial charge in [-0.15, -0.1) is 0 Å². The first-order valence-electron chi connectivity index (χ1n) is 5.72. The Morgan fingerprint density at radius 2 is 1.85 bits per heavy atom. The maximum absolute atomic E-state index is 12.8. The maximum Gasteiger partial charge on any atom is 0.416 e. The SMILES string of the molecule is COC(=O)C(C)(C)[C@H](N)c1cc(Br)cc(C(F)(F)F)c1. The number of methoxy groups -OCH3 is 1. The summed E-state index contributed by atoms with van der Waals surface area (Å²) in [6, 6.07) is 2.44. The van der Waals surface area contributed by atoms with Gasteiger partial charge >= 0.3 is 12.1 Å². The fourth-order valence-electron chi connectivity index (χ4n) is 1.76. The average Bonchev–Trinajstić information content (AvgIpc) is 2.34. The van der Waals surface area contributed by atoms with Crippen LogP contribution in [0.4, 0.5) is 13.2 Å². The van der Waals surface area contributed by atoms with E-state index in [0.717, 1.165) is 12.1 Å². The number of halogens is 4. The number of carbonyl (C=O) groups is 1. The average molecular weight is 354 g/mol. The minimum absolute atomic E-state index is 0.210. The van der Waals surface area contributed by atoms with Crippen LogP contribution < -0.4 is 5.73 Å². The Bertz CT molecular complexity index is 515. The first-order valence-corrected chi connectivity index (χ1v) is 6.51. The summed E-state index contributed by atoms with van der Waals surface area (Å²) in [7, 11) is 1.21. The van der Waals surface area contributed by atoms with E-state index in [9.17, 15) is 18.0 Å². The van der Waals surface area contributed by atoms with Gasteiger partial charge in [-0.2, -0.15) is 13.2 Å². The molecule has 0 amide bonds. The molecule has 0 aromatic heterocycles. The number of hydrogen-bond acceptors (Lipinski definition) is 3. The number of hydrogen-bond donors (Lipinski definition) is 1. The Morgan fingerprint density at radius 1 is 1.30 bits per heavy atom. The van der Waals surface area contributed by atoms with Crippen LogP contribution in [0.2, 0.25) is 0 Å². The molecule has 0 aliphatic heterocycles. The van der Waals surface area contributed by atoms with Gasteiger partial charge < -0.3 is 10.5 Å². The highest BCUT2D eigenvalue weighted by Crippen LogP contribution is 2.37. The molecule has 1 atom stereocenters. The molecule has 1 rings (SSSR count). The summed E-state index contributed by atoms with van der Waals surface area (Å²) in [6.07, 6.45) is -4.48. The largest absolute Gasteiger partial charge is 0.469 e. The first kappa shape index (κ1) is 17.0. The van der Waals surface area contributed by atoms with Gasteiger partial charge in [-0.05, 0) is 37.6 Å². The van der Waals surface area contributed by atoms with Crippen molar-refractivity contribution in [1.29, 1.82) is 0 Å². The van der Waals surface area contributed by atoms with E-state index in [2.05, 4.69) is 20.7 Å². The number of nitrogens with two attached hydrogens (primary N) is 1. The highest BCUT2D eigenvalue weighted by atomic mass is 79.9. The van der Waals surface area contributed by atoms with Gasteiger partial charge in [0, 0.05) is 10.5 Å². The Hall–Kier alpha value is -1.08. The molecule has 3 nitrogen and oxygen atoms in total. The molecule has 0 saturated heterocycles. The van der Waals surface area contributed by atoms with Gasteiger partial charge in [-0.25, -0.2) is 0 Å². The van der Waals surface area contributed by atoms with Crippen LogP contribution in [0.5, 0.6) is 0 Å². The van der Waals surface area contributed by atoms with Crippen LogP contribution >= 0.6 is 15.9 Å². The van der Waals surface area contributed by atoms with Crippen LogP contribution in [-0.2, 0) is 15.7 Å². The molecule has 0 bridgehead atoms. The quantitative estimate of drug-likeness (QED) is 0.843. The number of carbonyl (C=O) groups excluding carboxylic acids is 1. The van der Waals surface area contributed by atoms with Crippen molar-refractivity contribution in [2.45, 2.75) is 26.1 Å². The smallest absolute Gasteiger partial charge is 0.416 e. The van der Waals surface area contributed by atoms with E-state index >= 15 is 0 Å². The molecule has 7 heteroatoms. The second-order valence-corrected chi connectivity index (χ2v) is 5.88. The number of benzene rings is 1. The maximum atomic E-state index is 12.8. The number of rotatable bonds is 3. The predicted octanol–water partition coefficient (Wildman–Crippen LogP) is 3.67. The van der Waals surface area contributed by atoms with Crippen LogP contribution in [0.3, 0.4) is 0 Å². The molecule has 0 fully saturated rings. The van der Waals surface area contributed by atoms with Crippen LogP contribution in [0.25, 0.3) is 0 Å². The summed E-state index contributed by atoms with van der Waals surface area (Å²) in [5, 5.41) is 0. The molecule has 20 heavy (non-hydrogen) atoms. The second kappa shape index (κ2) is 5.73. The zero-order chi connectivity index (χ0) is 15.7. The van der Waals surface area contributed by atoms with Gasteiger partial charge in [0.25, 0.3) is 0 Å². The summed E-state index contributed by atoms with van der Waals surface area (Å²) in [6.45, 7) is 3.05. The van der Waals surface area contributed by atoms with Gasteiger partial charge in [0.2, 0.25) is 0 Å². The normalized spacial score (nSPS) is 14.0. The van der Waals surface area contributed by atoms with E-state index in [1.54, 1.807) is 0 Å². The highest BCUT2D eigenvalue weighted by Gasteiger charge is 2.38. The van der Waals surface area contributed by atoms with Crippen molar-refractivity contribution in [3.8, 4) is 0 Å². The topological polar surface area (TPSA) is 52.3 Å². The van der Waals surface area contributed by atoms with E-state index in [4.69, 9.17) is 5.73 Å². The molecule has 0 aliphatic rings. The molecule has 0 aliphatic carbocycles. The van der Waals surface area contributed by atoms with E-state index < -0.39 is 29.2 Å². The second-order valence-electron chi connectivity index (χ2n) is 4.96. The van der Waals surface area contributed by atoms with Gasteiger partial charge in [0.1, 0.15) is 0 Å². The predicted molar refractivity (Wildman–Crippen MR) is 71.9 cm³/mol. The van der Waals surface area contributed by atoms with Gasteiger partial charge in [-0.3, -0.25) is 4.79 Å². The third-order valence-electron chi connectivity index (χ3n) is 3.10. The Balaban J connectivity index is 3.27. The minimum atomic E-state index is -4.48. The van der Waals surface area contributed by atoms with E-state index in [-0.39, 0.29) is 10.0 Å². The van der Waals surface area contributed by atoms with Crippen molar-refractivity contribution in [2.75, 3.05) is 7.11 Å². The van der Waals surface area contributed by atoms with Crippen LogP contribution in [0, 0.1) is 5.41 Å². The van der Waals surface area contributed by atoms with E-state index in [1.807, 2.05) is 0 Å². The molecular formula is C13H15BrF3NO2. The molecule has 0 saturated carbocycles. The molecule has 0 unspecified atom stereocenters. The number of alkyl halides is 3. The number of ether oxygens (including phenoxy) is 1. The molecule has 1 aromatic carbocycles. The van der Waals surface area contributed by atoms with Crippen molar-refractivity contribution in [2.24, 2.45) is 11.1 Å². The van der Waals surface area contributed by atoms with Crippen molar-refractivity contribution in [3.05, 3.63) is 33.8 Å². The van der Waals surface area contributed by atoms with Gasteiger partial charge in [0.15, 0.2) is 0 Å². The third-order valence-corrected chi connectivity index (χ3v) is 3.55. The molecule has 1 aromatic rings. The lowest BCUT2D eigenvalue weighted by atomic mass is 9.80. The molecule has 0 heterocycles. The molecule has 0 radical (unpaired) electrons. The Morgan fingerprint density at radius 3 is 2.30 bits per heavy atom. The monoisotopic (exact) mass is 353 g/mol. The van der Waals surface area contributed by atoms with Crippen LogP contribution in [-0.4, -0.2) is 13.1 Å². The fourth-order valence-corrected chi connectivity index (χ4v) is 2.27. The molecule has 112 valence electrons. The highest BCUT2D eigenvalue weighted by molar-refractivity contribution is 9.10. The standard InChI is InChI=1S/C13H15BrF3NO2/c1-12(2,11(19)20-3)10(18)7-4-8(13(15,16)17)6-9(14)5-7/h4-6,10H,18H2,1-3H3/t10-/m1/s1. The van der Waals surface area contributed by atoms with Gasteiger partial charge in [-0.1, -0.05) is 15.9 Å². The summed E-state index contributed by atoms with van der Waals surface area (Å²) < 4.78 is 43.2. The van der Waals surface area contributed by atoms with E-state index in [1.165, 1.54) is 27.0 Å². The van der Waals surface area contributed by atoms with Crippen molar-refractivity contribution in [3.63, 3.8) is 0 Å². The minimum Gasteiger partial charge on any atom is -0.469 e. The Labute approximate surface area is 123 Å². The summed E-state index contributed by atoms with van der Waals surface area (Å²) in [4.78, 5) is 11.7. The number of esters is 1. The van der Waals surface area contributed by atoms with Crippen LogP contribution in [0.1, 0.15) is 31.0 Å². The lowest BCUT2D eigenvalue weighted by molar-refractivity contribution is -0.152. The molecule has 2 N–H and O–H groups in total.